The predicted molar refractivity (Wildman–Crippen MR) is 55.9 cm³/mol. The van der Waals surface area contributed by atoms with Gasteiger partial charge in [-0.05, 0) is 19.1 Å². The summed E-state index contributed by atoms with van der Waals surface area (Å²) in [4.78, 5) is 10.9. The summed E-state index contributed by atoms with van der Waals surface area (Å²) >= 11 is 0. The van der Waals surface area contributed by atoms with E-state index < -0.39 is 5.91 Å². The van der Waals surface area contributed by atoms with E-state index in [-0.39, 0.29) is 5.76 Å². The van der Waals surface area contributed by atoms with Gasteiger partial charge in [0.15, 0.2) is 17.1 Å². The molecule has 0 aliphatic rings. The highest BCUT2D eigenvalue weighted by atomic mass is 16.5. The number of rotatable bonds is 3. The standard InChI is InChI=1S/C11H11NO3/c1-2-14-8-5-3-4-7-6-9(11(12)13)15-10(7)8/h3-6H,2H2,1H3,(H2,12,13). The summed E-state index contributed by atoms with van der Waals surface area (Å²) in [6, 6.07) is 7.09. The van der Waals surface area contributed by atoms with Crippen molar-refractivity contribution in [1.29, 1.82) is 0 Å². The largest absolute Gasteiger partial charge is 0.490 e. The fourth-order valence-corrected chi connectivity index (χ4v) is 1.43. The van der Waals surface area contributed by atoms with Gasteiger partial charge in [-0.25, -0.2) is 0 Å². The number of amides is 1. The van der Waals surface area contributed by atoms with Crippen LogP contribution in [0.2, 0.25) is 0 Å². The third-order valence-electron chi connectivity index (χ3n) is 2.05. The summed E-state index contributed by atoms with van der Waals surface area (Å²) in [5.74, 6) is 0.202. The Kier molecular flexibility index (Phi) is 2.33. The first-order valence-electron chi connectivity index (χ1n) is 4.67. The maximum absolute atomic E-state index is 10.9. The molecule has 4 heteroatoms. The van der Waals surface area contributed by atoms with E-state index in [1.807, 2.05) is 19.1 Å². The number of primary amides is 1. The van der Waals surface area contributed by atoms with Crippen LogP contribution in [-0.2, 0) is 0 Å². The van der Waals surface area contributed by atoms with E-state index in [1.165, 1.54) is 0 Å². The molecule has 2 rings (SSSR count). The van der Waals surface area contributed by atoms with Gasteiger partial charge in [0.05, 0.1) is 6.61 Å². The molecular weight excluding hydrogens is 194 g/mol. The normalized spacial score (nSPS) is 10.5. The van der Waals surface area contributed by atoms with Gasteiger partial charge in [0, 0.05) is 5.39 Å². The van der Waals surface area contributed by atoms with Crippen LogP contribution < -0.4 is 10.5 Å². The van der Waals surface area contributed by atoms with Crippen LogP contribution >= 0.6 is 0 Å². The third-order valence-corrected chi connectivity index (χ3v) is 2.05. The van der Waals surface area contributed by atoms with Crippen molar-refractivity contribution in [2.45, 2.75) is 6.92 Å². The first-order valence-corrected chi connectivity index (χ1v) is 4.67. The highest BCUT2D eigenvalue weighted by molar-refractivity contribution is 5.96. The maximum atomic E-state index is 10.9. The summed E-state index contributed by atoms with van der Waals surface area (Å²) in [5, 5.41) is 0.815. The van der Waals surface area contributed by atoms with Crippen LogP contribution in [0.3, 0.4) is 0 Å². The predicted octanol–water partition coefficient (Wildman–Crippen LogP) is 1.93. The molecule has 4 nitrogen and oxygen atoms in total. The number of hydrogen-bond acceptors (Lipinski definition) is 3. The van der Waals surface area contributed by atoms with E-state index in [0.717, 1.165) is 5.39 Å². The van der Waals surface area contributed by atoms with E-state index in [4.69, 9.17) is 14.9 Å². The van der Waals surface area contributed by atoms with E-state index in [9.17, 15) is 4.79 Å². The van der Waals surface area contributed by atoms with Gasteiger partial charge in [0.25, 0.3) is 5.91 Å². The van der Waals surface area contributed by atoms with Crippen LogP contribution in [0, 0.1) is 0 Å². The molecule has 0 saturated heterocycles. The van der Waals surface area contributed by atoms with E-state index in [2.05, 4.69) is 0 Å². The molecular formula is C11H11NO3. The molecule has 0 bridgehead atoms. The fraction of sp³-hybridized carbons (Fsp3) is 0.182. The number of hydrogen-bond donors (Lipinski definition) is 1. The van der Waals surface area contributed by atoms with Crippen LogP contribution in [0.15, 0.2) is 28.7 Å². The topological polar surface area (TPSA) is 65.5 Å². The molecule has 15 heavy (non-hydrogen) atoms. The third kappa shape index (κ3) is 1.66. The van der Waals surface area contributed by atoms with Crippen molar-refractivity contribution in [2.24, 2.45) is 5.73 Å². The average Bonchev–Trinajstić information content (AvgIpc) is 2.63. The Bertz CT molecular complexity index is 502. The Morgan fingerprint density at radius 1 is 1.53 bits per heavy atom. The second-order valence-corrected chi connectivity index (χ2v) is 3.08. The van der Waals surface area contributed by atoms with Gasteiger partial charge in [-0.1, -0.05) is 12.1 Å². The van der Waals surface area contributed by atoms with Crippen LogP contribution in [0.4, 0.5) is 0 Å². The number of para-hydroxylation sites is 1. The number of carbonyl (C=O) groups is 1. The van der Waals surface area contributed by atoms with Crippen molar-refractivity contribution < 1.29 is 13.9 Å². The fourth-order valence-electron chi connectivity index (χ4n) is 1.43. The molecule has 1 aromatic heterocycles. The first kappa shape index (κ1) is 9.58. The molecule has 0 unspecified atom stereocenters. The summed E-state index contributed by atoms with van der Waals surface area (Å²) in [6.07, 6.45) is 0. The minimum atomic E-state index is -0.575. The van der Waals surface area contributed by atoms with Gasteiger partial charge in [0.1, 0.15) is 0 Å². The monoisotopic (exact) mass is 205 g/mol. The van der Waals surface area contributed by atoms with E-state index in [1.54, 1.807) is 12.1 Å². The Balaban J connectivity index is 2.59. The Labute approximate surface area is 86.6 Å². The van der Waals surface area contributed by atoms with Crippen LogP contribution in [0.1, 0.15) is 17.5 Å². The molecule has 2 aromatic rings. The molecule has 0 atom stereocenters. The lowest BCUT2D eigenvalue weighted by atomic mass is 10.2. The average molecular weight is 205 g/mol. The summed E-state index contributed by atoms with van der Waals surface area (Å²) in [5.41, 5.74) is 5.69. The Morgan fingerprint density at radius 2 is 2.33 bits per heavy atom. The van der Waals surface area contributed by atoms with Gasteiger partial charge in [-0.2, -0.15) is 0 Å². The Morgan fingerprint density at radius 3 is 3.00 bits per heavy atom. The minimum absolute atomic E-state index is 0.150. The number of nitrogens with two attached hydrogens (primary N) is 1. The summed E-state index contributed by atoms with van der Waals surface area (Å²) in [6.45, 7) is 2.43. The van der Waals surface area contributed by atoms with Crippen LogP contribution in [-0.4, -0.2) is 12.5 Å². The zero-order chi connectivity index (χ0) is 10.8. The van der Waals surface area contributed by atoms with E-state index >= 15 is 0 Å². The molecule has 2 N–H and O–H groups in total. The SMILES string of the molecule is CCOc1cccc2cc(C(N)=O)oc12. The van der Waals surface area contributed by atoms with Crippen molar-refractivity contribution in [3.05, 3.63) is 30.0 Å². The molecule has 0 aliphatic carbocycles. The molecule has 0 aliphatic heterocycles. The van der Waals surface area contributed by atoms with Crippen LogP contribution in [0.5, 0.6) is 5.75 Å². The summed E-state index contributed by atoms with van der Waals surface area (Å²) < 4.78 is 10.7. The van der Waals surface area contributed by atoms with Crippen LogP contribution in [0.25, 0.3) is 11.0 Å². The van der Waals surface area contributed by atoms with Gasteiger partial charge in [-0.15, -0.1) is 0 Å². The van der Waals surface area contributed by atoms with Gasteiger partial charge in [0.2, 0.25) is 0 Å². The molecule has 0 radical (unpaired) electrons. The molecule has 1 amide bonds. The number of carbonyl (C=O) groups excluding carboxylic acids is 1. The maximum Gasteiger partial charge on any atom is 0.284 e. The smallest absolute Gasteiger partial charge is 0.284 e. The molecule has 0 saturated carbocycles. The van der Waals surface area contributed by atoms with Crippen molar-refractivity contribution in [2.75, 3.05) is 6.61 Å². The van der Waals surface area contributed by atoms with Crippen molar-refractivity contribution in [1.82, 2.24) is 0 Å². The number of benzene rings is 1. The van der Waals surface area contributed by atoms with Gasteiger partial charge < -0.3 is 14.9 Å². The summed E-state index contributed by atoms with van der Waals surface area (Å²) in [7, 11) is 0. The zero-order valence-corrected chi connectivity index (χ0v) is 8.32. The first-order chi connectivity index (χ1) is 7.22. The van der Waals surface area contributed by atoms with Gasteiger partial charge >= 0.3 is 0 Å². The number of fused-ring (bicyclic) bond motifs is 1. The van der Waals surface area contributed by atoms with E-state index in [0.29, 0.717) is 17.9 Å². The highest BCUT2D eigenvalue weighted by Gasteiger charge is 2.11. The lowest BCUT2D eigenvalue weighted by Gasteiger charge is -2.01. The lowest BCUT2D eigenvalue weighted by Crippen LogP contribution is -2.08. The Hall–Kier alpha value is -1.97. The number of ether oxygens (including phenoxy) is 1. The molecule has 0 fully saturated rings. The quantitative estimate of drug-likeness (QED) is 0.832. The molecule has 0 spiro atoms. The van der Waals surface area contributed by atoms with Crippen molar-refractivity contribution in [3.8, 4) is 5.75 Å². The van der Waals surface area contributed by atoms with Crippen molar-refractivity contribution >= 4 is 16.9 Å². The lowest BCUT2D eigenvalue weighted by molar-refractivity contribution is 0.0976. The molecule has 78 valence electrons. The van der Waals surface area contributed by atoms with Crippen molar-refractivity contribution in [3.63, 3.8) is 0 Å². The zero-order valence-electron chi connectivity index (χ0n) is 8.32. The highest BCUT2D eigenvalue weighted by Crippen LogP contribution is 2.28. The molecule has 1 heterocycles. The minimum Gasteiger partial charge on any atom is -0.490 e. The number of furan rings is 1. The second-order valence-electron chi connectivity index (χ2n) is 3.08. The second kappa shape index (κ2) is 3.65. The van der Waals surface area contributed by atoms with Gasteiger partial charge in [-0.3, -0.25) is 4.79 Å². The molecule has 1 aromatic carbocycles.